The van der Waals surface area contributed by atoms with E-state index in [9.17, 15) is 0 Å². The van der Waals surface area contributed by atoms with Gasteiger partial charge >= 0.3 is 0 Å². The molecule has 0 radical (unpaired) electrons. The summed E-state index contributed by atoms with van der Waals surface area (Å²) in [6.45, 7) is 0.721. The van der Waals surface area contributed by atoms with Crippen molar-refractivity contribution in [2.24, 2.45) is 5.73 Å². The average Bonchev–Trinajstić information content (AvgIpc) is 3.10. The number of fused-ring (bicyclic) bond motifs is 1. The predicted octanol–water partition coefficient (Wildman–Crippen LogP) is 5.33. The second-order valence-electron chi connectivity index (χ2n) is 7.81. The summed E-state index contributed by atoms with van der Waals surface area (Å²) in [6.07, 6.45) is 0.938. The highest BCUT2D eigenvalue weighted by molar-refractivity contribution is 6.30. The topological polar surface area (TPSA) is 47.7 Å². The zero-order valence-corrected chi connectivity index (χ0v) is 18.3. The monoisotopic (exact) mass is 422 g/mol. The quantitative estimate of drug-likeness (QED) is 0.583. The van der Waals surface area contributed by atoms with Crippen molar-refractivity contribution < 1.29 is 9.47 Å². The molecule has 0 aliphatic heterocycles. The van der Waals surface area contributed by atoms with Crippen LogP contribution in [-0.2, 0) is 13.0 Å². The van der Waals surface area contributed by atoms with Crippen LogP contribution in [0.1, 0.15) is 34.2 Å². The fourth-order valence-corrected chi connectivity index (χ4v) is 4.49. The van der Waals surface area contributed by atoms with Gasteiger partial charge in [-0.25, -0.2) is 0 Å². The maximum absolute atomic E-state index is 6.68. The molecule has 0 spiro atoms. The van der Waals surface area contributed by atoms with E-state index in [4.69, 9.17) is 26.8 Å². The highest BCUT2D eigenvalue weighted by Gasteiger charge is 2.31. The van der Waals surface area contributed by atoms with E-state index in [0.29, 0.717) is 0 Å². The highest BCUT2D eigenvalue weighted by atomic mass is 35.5. The molecule has 0 bridgehead atoms. The van der Waals surface area contributed by atoms with Gasteiger partial charge in [0.15, 0.2) is 0 Å². The Morgan fingerprint density at radius 1 is 1.03 bits per heavy atom. The molecule has 4 nitrogen and oxygen atoms in total. The maximum Gasteiger partial charge on any atom is 0.127 e. The van der Waals surface area contributed by atoms with E-state index in [-0.39, 0.29) is 12.0 Å². The van der Waals surface area contributed by atoms with Crippen molar-refractivity contribution in [1.29, 1.82) is 0 Å². The largest absolute Gasteiger partial charge is 0.497 e. The van der Waals surface area contributed by atoms with E-state index in [1.165, 1.54) is 16.7 Å². The normalized spacial score (nSPS) is 17.5. The third kappa shape index (κ3) is 3.98. The van der Waals surface area contributed by atoms with Crippen molar-refractivity contribution in [1.82, 2.24) is 0 Å². The molecule has 1 aliphatic rings. The number of halogens is 1. The fourth-order valence-electron chi connectivity index (χ4n) is 4.29. The van der Waals surface area contributed by atoms with E-state index in [1.54, 1.807) is 14.2 Å². The molecule has 156 valence electrons. The van der Waals surface area contributed by atoms with Gasteiger partial charge in [0.05, 0.1) is 14.2 Å². The molecule has 4 rings (SSSR count). The Balaban J connectivity index is 1.56. The molecule has 0 fully saturated rings. The summed E-state index contributed by atoms with van der Waals surface area (Å²) in [5.41, 5.74) is 12.6. The highest BCUT2D eigenvalue weighted by Crippen LogP contribution is 2.42. The summed E-state index contributed by atoms with van der Waals surface area (Å²) in [4.78, 5) is 2.21. The minimum atomic E-state index is -0.0395. The number of nitrogens with zero attached hydrogens (tertiary/aromatic N) is 1. The minimum Gasteiger partial charge on any atom is -0.497 e. The van der Waals surface area contributed by atoms with Gasteiger partial charge in [-0.2, -0.15) is 0 Å². The average molecular weight is 423 g/mol. The fraction of sp³-hybridized carbons (Fsp3) is 0.280. The van der Waals surface area contributed by atoms with E-state index < -0.39 is 0 Å². The molecule has 30 heavy (non-hydrogen) atoms. The first-order chi connectivity index (χ1) is 14.5. The second-order valence-corrected chi connectivity index (χ2v) is 8.24. The molecule has 2 N–H and O–H groups in total. The Labute approximate surface area is 183 Å². The van der Waals surface area contributed by atoms with E-state index in [0.717, 1.165) is 40.7 Å². The summed E-state index contributed by atoms with van der Waals surface area (Å²) in [7, 11) is 5.42. The number of benzene rings is 3. The lowest BCUT2D eigenvalue weighted by Crippen LogP contribution is -2.18. The Bertz CT molecular complexity index is 1050. The zero-order valence-electron chi connectivity index (χ0n) is 17.6. The first-order valence-corrected chi connectivity index (χ1v) is 10.4. The third-order valence-corrected chi connectivity index (χ3v) is 6.22. The molecular weight excluding hydrogens is 396 g/mol. The van der Waals surface area contributed by atoms with Crippen LogP contribution in [0.25, 0.3) is 0 Å². The van der Waals surface area contributed by atoms with Crippen LogP contribution in [0.4, 0.5) is 5.69 Å². The van der Waals surface area contributed by atoms with Crippen LogP contribution >= 0.6 is 11.6 Å². The van der Waals surface area contributed by atoms with Gasteiger partial charge in [0.25, 0.3) is 0 Å². The molecular formula is C25H27ClN2O2. The molecule has 3 aromatic rings. The van der Waals surface area contributed by atoms with Crippen molar-refractivity contribution in [3.8, 4) is 11.5 Å². The van der Waals surface area contributed by atoms with Crippen molar-refractivity contribution in [2.45, 2.75) is 24.9 Å². The van der Waals surface area contributed by atoms with Crippen LogP contribution in [0, 0.1) is 0 Å². The first-order valence-electron chi connectivity index (χ1n) is 10.1. The third-order valence-electron chi connectivity index (χ3n) is 5.98. The lowest BCUT2D eigenvalue weighted by Gasteiger charge is -2.22. The molecule has 2 unspecified atom stereocenters. The number of hydrogen-bond acceptors (Lipinski definition) is 4. The minimum absolute atomic E-state index is 0.0395. The molecule has 0 saturated carbocycles. The lowest BCUT2D eigenvalue weighted by atomic mass is 9.93. The van der Waals surface area contributed by atoms with Crippen LogP contribution in [0.2, 0.25) is 5.02 Å². The van der Waals surface area contributed by atoms with E-state index in [2.05, 4.69) is 36.2 Å². The van der Waals surface area contributed by atoms with Gasteiger partial charge < -0.3 is 20.1 Å². The first kappa shape index (κ1) is 20.6. The smallest absolute Gasteiger partial charge is 0.127 e. The van der Waals surface area contributed by atoms with Gasteiger partial charge in [0.1, 0.15) is 11.5 Å². The standard InChI is InChI=1S/C25H27ClN2O2/c1-28(15-18-8-10-21(29-2)14-24(18)30-3)20-9-7-17-12-22(25(27)23(17)13-20)16-5-4-6-19(26)11-16/h4-11,13-14,22,25H,12,15,27H2,1-3H3. The zero-order chi connectivity index (χ0) is 21.3. The molecule has 1 aliphatic carbocycles. The van der Waals surface area contributed by atoms with Gasteiger partial charge in [-0.1, -0.05) is 29.8 Å². The second kappa shape index (κ2) is 8.58. The summed E-state index contributed by atoms with van der Waals surface area (Å²) < 4.78 is 10.9. The van der Waals surface area contributed by atoms with E-state index in [1.807, 2.05) is 36.4 Å². The molecule has 2 atom stereocenters. The van der Waals surface area contributed by atoms with Gasteiger partial charge in [-0.05, 0) is 59.5 Å². The Morgan fingerprint density at radius 2 is 1.87 bits per heavy atom. The summed E-state index contributed by atoms with van der Waals surface area (Å²) in [6, 6.07) is 20.5. The molecule has 3 aromatic carbocycles. The number of nitrogens with two attached hydrogens (primary N) is 1. The molecule has 0 aromatic heterocycles. The van der Waals surface area contributed by atoms with Crippen LogP contribution in [0.15, 0.2) is 60.7 Å². The Hall–Kier alpha value is -2.69. The van der Waals surface area contributed by atoms with Gasteiger partial charge in [-0.3, -0.25) is 0 Å². The molecule has 5 heteroatoms. The number of hydrogen-bond donors (Lipinski definition) is 1. The van der Waals surface area contributed by atoms with Crippen molar-refractivity contribution in [3.63, 3.8) is 0 Å². The lowest BCUT2D eigenvalue weighted by molar-refractivity contribution is 0.391. The van der Waals surface area contributed by atoms with Gasteiger partial charge in [-0.15, -0.1) is 0 Å². The number of methoxy groups -OCH3 is 2. The maximum atomic E-state index is 6.68. The van der Waals surface area contributed by atoms with Crippen LogP contribution < -0.4 is 20.1 Å². The van der Waals surface area contributed by atoms with E-state index >= 15 is 0 Å². The SMILES string of the molecule is COc1ccc(CN(C)c2ccc3c(c2)C(N)C(c2cccc(Cl)c2)C3)c(OC)c1. The molecule has 0 saturated heterocycles. The number of ether oxygens (including phenoxy) is 2. The molecule has 0 heterocycles. The van der Waals surface area contributed by atoms with Crippen LogP contribution in [-0.4, -0.2) is 21.3 Å². The predicted molar refractivity (Wildman–Crippen MR) is 123 cm³/mol. The Morgan fingerprint density at radius 3 is 2.60 bits per heavy atom. The van der Waals surface area contributed by atoms with Crippen molar-refractivity contribution >= 4 is 17.3 Å². The van der Waals surface area contributed by atoms with Crippen molar-refractivity contribution in [2.75, 3.05) is 26.2 Å². The van der Waals surface area contributed by atoms with Crippen molar-refractivity contribution in [3.05, 3.63) is 87.9 Å². The van der Waals surface area contributed by atoms with Crippen LogP contribution in [0.3, 0.4) is 0 Å². The number of anilines is 1. The summed E-state index contributed by atoms with van der Waals surface area (Å²) >= 11 is 6.20. The summed E-state index contributed by atoms with van der Waals surface area (Å²) in [5.74, 6) is 1.86. The number of rotatable bonds is 6. The molecule has 0 amide bonds. The van der Waals surface area contributed by atoms with Gasteiger partial charge in [0, 0.05) is 47.9 Å². The van der Waals surface area contributed by atoms with Gasteiger partial charge in [0.2, 0.25) is 0 Å². The van der Waals surface area contributed by atoms with Crippen LogP contribution in [0.5, 0.6) is 11.5 Å². The Kier molecular flexibility index (Phi) is 5.89. The summed E-state index contributed by atoms with van der Waals surface area (Å²) in [5, 5.41) is 0.754.